The van der Waals surface area contributed by atoms with Crippen molar-refractivity contribution in [3.8, 4) is 11.5 Å². The van der Waals surface area contributed by atoms with Gasteiger partial charge in [-0.2, -0.15) is 0 Å². The van der Waals surface area contributed by atoms with Crippen LogP contribution in [0.15, 0.2) is 42.5 Å². The van der Waals surface area contributed by atoms with Gasteiger partial charge in [0.1, 0.15) is 0 Å². The normalized spacial score (nSPS) is 13.7. The fraction of sp³-hybridized carbons (Fsp3) is 0.235. The quantitative estimate of drug-likeness (QED) is 0.882. The molecule has 0 aliphatic carbocycles. The Hall–Kier alpha value is -2.24. The molecule has 2 aromatic carbocycles. The van der Waals surface area contributed by atoms with Crippen molar-refractivity contribution < 1.29 is 19.4 Å². The van der Waals surface area contributed by atoms with Crippen LogP contribution in [-0.4, -0.2) is 24.4 Å². The number of hydrogen-bond acceptors (Lipinski definition) is 4. The number of fused-ring (bicyclic) bond motifs is 1. The first-order chi connectivity index (χ1) is 11.1. The molecular formula is C17H16ClNO4. The summed E-state index contributed by atoms with van der Waals surface area (Å²) in [6.45, 7) is 0.547. The number of aliphatic hydroxyl groups excluding tert-OH is 1. The minimum absolute atomic E-state index is 0.199. The average molecular weight is 334 g/mol. The molecule has 6 heteroatoms. The van der Waals surface area contributed by atoms with Crippen molar-refractivity contribution in [2.45, 2.75) is 12.5 Å². The van der Waals surface area contributed by atoms with E-state index in [1.807, 2.05) is 0 Å². The van der Waals surface area contributed by atoms with Crippen LogP contribution in [0.4, 0.5) is 0 Å². The van der Waals surface area contributed by atoms with E-state index in [-0.39, 0.29) is 12.7 Å². The maximum atomic E-state index is 12.0. The van der Waals surface area contributed by atoms with Gasteiger partial charge in [0.25, 0.3) is 5.91 Å². The molecule has 23 heavy (non-hydrogen) atoms. The monoisotopic (exact) mass is 333 g/mol. The molecule has 3 rings (SSSR count). The van der Waals surface area contributed by atoms with Gasteiger partial charge in [0.2, 0.25) is 6.79 Å². The largest absolute Gasteiger partial charge is 0.454 e. The molecule has 0 fully saturated rings. The van der Waals surface area contributed by atoms with E-state index >= 15 is 0 Å². The second-order valence-corrected chi connectivity index (χ2v) is 5.62. The number of carbonyl (C=O) groups is 1. The molecule has 0 saturated carbocycles. The zero-order valence-corrected chi connectivity index (χ0v) is 13.0. The SMILES string of the molecule is O=C(NCCC(O)c1ccc2c(c1)OCO2)c1cccc(Cl)c1. The highest BCUT2D eigenvalue weighted by Gasteiger charge is 2.16. The Labute approximate surface area is 138 Å². The summed E-state index contributed by atoms with van der Waals surface area (Å²) in [4.78, 5) is 12.0. The summed E-state index contributed by atoms with van der Waals surface area (Å²) in [5.41, 5.74) is 1.22. The van der Waals surface area contributed by atoms with E-state index in [9.17, 15) is 9.90 Å². The van der Waals surface area contributed by atoms with Crippen molar-refractivity contribution in [3.63, 3.8) is 0 Å². The van der Waals surface area contributed by atoms with Gasteiger partial charge < -0.3 is 19.9 Å². The minimum Gasteiger partial charge on any atom is -0.454 e. The predicted molar refractivity (Wildman–Crippen MR) is 85.9 cm³/mol. The molecule has 0 radical (unpaired) electrons. The fourth-order valence-electron chi connectivity index (χ4n) is 2.34. The van der Waals surface area contributed by atoms with E-state index in [0.29, 0.717) is 35.1 Å². The highest BCUT2D eigenvalue weighted by atomic mass is 35.5. The first-order valence-electron chi connectivity index (χ1n) is 7.25. The van der Waals surface area contributed by atoms with E-state index in [1.165, 1.54) is 0 Å². The summed E-state index contributed by atoms with van der Waals surface area (Å²) in [7, 11) is 0. The third-order valence-electron chi connectivity index (χ3n) is 3.57. The van der Waals surface area contributed by atoms with Crippen molar-refractivity contribution >= 4 is 17.5 Å². The molecule has 0 saturated heterocycles. The third kappa shape index (κ3) is 3.75. The lowest BCUT2D eigenvalue weighted by Gasteiger charge is -2.12. The van der Waals surface area contributed by atoms with E-state index in [4.69, 9.17) is 21.1 Å². The van der Waals surface area contributed by atoms with Gasteiger partial charge in [-0.1, -0.05) is 23.7 Å². The van der Waals surface area contributed by atoms with Crippen molar-refractivity contribution in [3.05, 3.63) is 58.6 Å². The Morgan fingerprint density at radius 1 is 1.22 bits per heavy atom. The van der Waals surface area contributed by atoms with Gasteiger partial charge in [-0.15, -0.1) is 0 Å². The Kier molecular flexibility index (Phi) is 4.69. The van der Waals surface area contributed by atoms with Gasteiger partial charge in [0.15, 0.2) is 11.5 Å². The fourth-order valence-corrected chi connectivity index (χ4v) is 2.53. The molecule has 120 valence electrons. The maximum Gasteiger partial charge on any atom is 0.251 e. The van der Waals surface area contributed by atoms with Crippen LogP contribution in [0.1, 0.15) is 28.4 Å². The second kappa shape index (κ2) is 6.89. The number of carbonyl (C=O) groups excluding carboxylic acids is 1. The van der Waals surface area contributed by atoms with Gasteiger partial charge in [0, 0.05) is 17.1 Å². The van der Waals surface area contributed by atoms with Crippen molar-refractivity contribution in [2.75, 3.05) is 13.3 Å². The van der Waals surface area contributed by atoms with Crippen LogP contribution in [-0.2, 0) is 0 Å². The number of aliphatic hydroxyl groups is 1. The molecule has 1 heterocycles. The molecule has 2 N–H and O–H groups in total. The zero-order valence-electron chi connectivity index (χ0n) is 12.3. The number of benzene rings is 2. The lowest BCUT2D eigenvalue weighted by molar-refractivity contribution is 0.0942. The van der Waals surface area contributed by atoms with Crippen molar-refractivity contribution in [2.24, 2.45) is 0 Å². The summed E-state index contributed by atoms with van der Waals surface area (Å²) in [6, 6.07) is 12.0. The number of halogens is 1. The van der Waals surface area contributed by atoms with E-state index in [0.717, 1.165) is 5.56 Å². The molecule has 1 unspecified atom stereocenters. The van der Waals surface area contributed by atoms with Gasteiger partial charge in [-0.05, 0) is 42.3 Å². The lowest BCUT2D eigenvalue weighted by Crippen LogP contribution is -2.25. The highest BCUT2D eigenvalue weighted by molar-refractivity contribution is 6.30. The van der Waals surface area contributed by atoms with Crippen LogP contribution in [0.25, 0.3) is 0 Å². The van der Waals surface area contributed by atoms with Gasteiger partial charge in [-0.25, -0.2) is 0 Å². The van der Waals surface area contributed by atoms with E-state index in [2.05, 4.69) is 5.32 Å². The molecule has 0 aromatic heterocycles. The van der Waals surface area contributed by atoms with Crippen LogP contribution >= 0.6 is 11.6 Å². The Morgan fingerprint density at radius 3 is 2.87 bits per heavy atom. The summed E-state index contributed by atoms with van der Waals surface area (Å²) in [6.07, 6.45) is -0.296. The maximum absolute atomic E-state index is 12.0. The molecule has 1 aliphatic heterocycles. The standard InChI is InChI=1S/C17H16ClNO4/c18-13-3-1-2-12(8-13)17(21)19-7-6-14(20)11-4-5-15-16(9-11)23-10-22-15/h1-5,8-9,14,20H,6-7,10H2,(H,19,21). The summed E-state index contributed by atoms with van der Waals surface area (Å²) < 4.78 is 10.5. The average Bonchev–Trinajstić information content (AvgIpc) is 3.02. The Bertz CT molecular complexity index is 719. The highest BCUT2D eigenvalue weighted by Crippen LogP contribution is 2.34. The molecule has 1 atom stereocenters. The van der Waals surface area contributed by atoms with Crippen molar-refractivity contribution in [1.82, 2.24) is 5.32 Å². The third-order valence-corrected chi connectivity index (χ3v) is 3.81. The van der Waals surface area contributed by atoms with Gasteiger partial charge in [-0.3, -0.25) is 4.79 Å². The molecule has 2 aromatic rings. The first kappa shape index (κ1) is 15.6. The Balaban J connectivity index is 1.53. The zero-order chi connectivity index (χ0) is 16.2. The van der Waals surface area contributed by atoms with Crippen molar-refractivity contribution in [1.29, 1.82) is 0 Å². The van der Waals surface area contributed by atoms with Crippen LogP contribution in [0.3, 0.4) is 0 Å². The van der Waals surface area contributed by atoms with Crippen LogP contribution in [0.2, 0.25) is 5.02 Å². The van der Waals surface area contributed by atoms with E-state index < -0.39 is 6.10 Å². The van der Waals surface area contributed by atoms with Gasteiger partial charge >= 0.3 is 0 Å². The summed E-state index contributed by atoms with van der Waals surface area (Å²) in [5, 5.41) is 13.5. The minimum atomic E-state index is -0.691. The summed E-state index contributed by atoms with van der Waals surface area (Å²) in [5.74, 6) is 1.09. The molecule has 0 spiro atoms. The number of nitrogens with one attached hydrogen (secondary N) is 1. The van der Waals surface area contributed by atoms with Crippen LogP contribution in [0.5, 0.6) is 11.5 Å². The number of rotatable bonds is 5. The molecule has 1 amide bonds. The molecule has 1 aliphatic rings. The molecule has 0 bridgehead atoms. The van der Waals surface area contributed by atoms with Gasteiger partial charge in [0.05, 0.1) is 6.10 Å². The lowest BCUT2D eigenvalue weighted by atomic mass is 10.1. The number of amides is 1. The van der Waals surface area contributed by atoms with Crippen LogP contribution in [0, 0.1) is 0 Å². The summed E-state index contributed by atoms with van der Waals surface area (Å²) >= 11 is 5.86. The molecular weight excluding hydrogens is 318 g/mol. The number of hydrogen-bond donors (Lipinski definition) is 2. The first-order valence-corrected chi connectivity index (χ1v) is 7.62. The predicted octanol–water partition coefficient (Wildman–Crippen LogP) is 2.92. The van der Waals surface area contributed by atoms with Crippen LogP contribution < -0.4 is 14.8 Å². The Morgan fingerprint density at radius 2 is 2.04 bits per heavy atom. The van der Waals surface area contributed by atoms with E-state index in [1.54, 1.807) is 42.5 Å². The molecule has 5 nitrogen and oxygen atoms in total. The smallest absolute Gasteiger partial charge is 0.251 e. The topological polar surface area (TPSA) is 67.8 Å². The number of ether oxygens (including phenoxy) is 2. The second-order valence-electron chi connectivity index (χ2n) is 5.18.